The van der Waals surface area contributed by atoms with E-state index >= 15 is 0 Å². The number of alkyl halides is 3. The van der Waals surface area contributed by atoms with E-state index in [1.165, 1.54) is 24.0 Å². The van der Waals surface area contributed by atoms with Crippen molar-refractivity contribution in [1.29, 1.82) is 0 Å². The van der Waals surface area contributed by atoms with Gasteiger partial charge in [-0.3, -0.25) is 9.69 Å². The van der Waals surface area contributed by atoms with Gasteiger partial charge in [0.1, 0.15) is 17.7 Å². The van der Waals surface area contributed by atoms with Crippen molar-refractivity contribution < 1.29 is 41.4 Å². The van der Waals surface area contributed by atoms with Crippen LogP contribution in [0.1, 0.15) is 52.0 Å². The summed E-state index contributed by atoms with van der Waals surface area (Å²) >= 11 is 0. The van der Waals surface area contributed by atoms with Crippen LogP contribution in [-0.2, 0) is 16.1 Å². The van der Waals surface area contributed by atoms with Gasteiger partial charge in [-0.15, -0.1) is 0 Å². The van der Waals surface area contributed by atoms with Crippen LogP contribution in [0.2, 0.25) is 0 Å². The lowest BCUT2D eigenvalue weighted by Gasteiger charge is -2.36. The number of ether oxygens (including phenoxy) is 3. The maximum absolute atomic E-state index is 14.7. The topological polar surface area (TPSA) is 81.2 Å². The molecule has 1 aliphatic carbocycles. The maximum atomic E-state index is 14.7. The molecule has 2 heterocycles. The Kier molecular flexibility index (Phi) is 7.71. The first-order chi connectivity index (χ1) is 16.2. The maximum Gasteiger partial charge on any atom is 0.410 e. The molecule has 0 bridgehead atoms. The second kappa shape index (κ2) is 10.1. The highest BCUT2D eigenvalue weighted by atomic mass is 19.4. The van der Waals surface area contributed by atoms with Crippen LogP contribution in [0.25, 0.3) is 0 Å². The molecule has 0 spiro atoms. The van der Waals surface area contributed by atoms with Crippen LogP contribution in [0.4, 0.5) is 22.4 Å². The standard InChI is InChI=1S/C23H31F4N3O5/c1-22(2,3)35-21(32)30-8-6-7-17(30)20(31)29(4)12-13-9-16(24)19(28-18(13)33-5)34-15-10-14(11-15)23(25,26)27/h9,14-15,17H,6-8,10-12H2,1-5H3/t14?,15?,17-/m0/s1. The van der Waals surface area contributed by atoms with Crippen molar-refractivity contribution in [3.63, 3.8) is 0 Å². The monoisotopic (exact) mass is 505 g/mol. The van der Waals surface area contributed by atoms with Crippen molar-refractivity contribution in [2.45, 2.75) is 76.9 Å². The van der Waals surface area contributed by atoms with Gasteiger partial charge in [0.15, 0.2) is 5.82 Å². The van der Waals surface area contributed by atoms with Gasteiger partial charge in [0, 0.05) is 19.2 Å². The molecule has 1 saturated carbocycles. The van der Waals surface area contributed by atoms with Crippen LogP contribution in [-0.4, -0.2) is 71.4 Å². The number of likely N-dealkylation sites (N-methyl/N-ethyl adjacent to an activating group) is 1. The van der Waals surface area contributed by atoms with Crippen molar-refractivity contribution in [1.82, 2.24) is 14.8 Å². The minimum atomic E-state index is -4.30. The number of methoxy groups -OCH3 is 1. The average Bonchev–Trinajstić information content (AvgIpc) is 3.18. The molecule has 0 aromatic carbocycles. The Morgan fingerprint density at radius 3 is 2.43 bits per heavy atom. The van der Waals surface area contributed by atoms with Crippen LogP contribution >= 0.6 is 0 Å². The summed E-state index contributed by atoms with van der Waals surface area (Å²) in [5, 5.41) is 0. The van der Waals surface area contributed by atoms with Crippen molar-refractivity contribution >= 4 is 12.0 Å². The third-order valence-electron chi connectivity index (χ3n) is 5.96. The smallest absolute Gasteiger partial charge is 0.410 e. The predicted octanol–water partition coefficient (Wildman–Crippen LogP) is 4.31. The lowest BCUT2D eigenvalue weighted by atomic mass is 9.82. The number of aromatic nitrogens is 1. The van der Waals surface area contributed by atoms with Gasteiger partial charge in [0.2, 0.25) is 11.8 Å². The first-order valence-corrected chi connectivity index (χ1v) is 11.4. The fourth-order valence-corrected chi connectivity index (χ4v) is 4.10. The van der Waals surface area contributed by atoms with Gasteiger partial charge in [-0.05, 0) is 52.5 Å². The number of rotatable bonds is 6. The molecule has 3 rings (SSSR count). The Hall–Kier alpha value is -2.79. The number of hydrogen-bond donors (Lipinski definition) is 0. The summed E-state index contributed by atoms with van der Waals surface area (Å²) in [5.74, 6) is -3.13. The van der Waals surface area contributed by atoms with Gasteiger partial charge < -0.3 is 19.1 Å². The lowest BCUT2D eigenvalue weighted by molar-refractivity contribution is -0.210. The molecule has 1 aliphatic heterocycles. The normalized spacial score (nSPS) is 22.4. The molecule has 2 fully saturated rings. The van der Waals surface area contributed by atoms with Crippen LogP contribution in [0.5, 0.6) is 11.8 Å². The quantitative estimate of drug-likeness (QED) is 0.536. The number of pyridine rings is 1. The van der Waals surface area contributed by atoms with Crippen molar-refractivity contribution in [3.05, 3.63) is 17.4 Å². The minimum Gasteiger partial charge on any atom is -0.481 e. The lowest BCUT2D eigenvalue weighted by Crippen LogP contribution is -2.47. The number of likely N-dealkylation sites (tertiary alicyclic amines) is 1. The number of amides is 2. The van der Waals surface area contributed by atoms with E-state index in [0.717, 1.165) is 6.07 Å². The fourth-order valence-electron chi connectivity index (χ4n) is 4.10. The summed E-state index contributed by atoms with van der Waals surface area (Å²) in [7, 11) is 2.82. The predicted molar refractivity (Wildman–Crippen MR) is 116 cm³/mol. The fraction of sp³-hybridized carbons (Fsp3) is 0.696. The van der Waals surface area contributed by atoms with Gasteiger partial charge in [0.05, 0.1) is 19.6 Å². The molecule has 1 atom stereocenters. The molecule has 1 aromatic heterocycles. The van der Waals surface area contributed by atoms with Crippen LogP contribution in [0.3, 0.4) is 0 Å². The Morgan fingerprint density at radius 2 is 1.86 bits per heavy atom. The van der Waals surface area contributed by atoms with Crippen LogP contribution in [0, 0.1) is 11.7 Å². The van der Waals surface area contributed by atoms with E-state index < -0.39 is 47.6 Å². The Morgan fingerprint density at radius 1 is 1.20 bits per heavy atom. The third kappa shape index (κ3) is 6.46. The van der Waals surface area contributed by atoms with Gasteiger partial charge in [-0.2, -0.15) is 18.2 Å². The number of carbonyl (C=O) groups is 2. The number of nitrogens with zero attached hydrogens (tertiary/aromatic N) is 3. The van der Waals surface area contributed by atoms with Crippen molar-refractivity contribution in [3.8, 4) is 11.8 Å². The van der Waals surface area contributed by atoms with Gasteiger partial charge in [-0.1, -0.05) is 0 Å². The van der Waals surface area contributed by atoms with Crippen LogP contribution in [0.15, 0.2) is 6.07 Å². The zero-order chi connectivity index (χ0) is 26.1. The molecule has 2 aliphatic rings. The number of halogens is 4. The molecule has 196 valence electrons. The Balaban J connectivity index is 1.66. The van der Waals surface area contributed by atoms with E-state index in [1.54, 1.807) is 20.8 Å². The van der Waals surface area contributed by atoms with E-state index in [-0.39, 0.29) is 36.7 Å². The third-order valence-corrected chi connectivity index (χ3v) is 5.96. The summed E-state index contributed by atoms with van der Waals surface area (Å²) < 4.78 is 68.6. The van der Waals surface area contributed by atoms with E-state index in [9.17, 15) is 27.2 Å². The summed E-state index contributed by atoms with van der Waals surface area (Å²) in [4.78, 5) is 32.3. The van der Waals surface area contributed by atoms with E-state index in [2.05, 4.69) is 4.98 Å². The van der Waals surface area contributed by atoms with Gasteiger partial charge in [0.25, 0.3) is 5.88 Å². The summed E-state index contributed by atoms with van der Waals surface area (Å²) in [6, 6.07) is 0.381. The van der Waals surface area contributed by atoms with E-state index in [1.807, 2.05) is 0 Å². The molecule has 0 radical (unpaired) electrons. The molecule has 12 heteroatoms. The molecular weight excluding hydrogens is 474 g/mol. The highest BCUT2D eigenvalue weighted by Crippen LogP contribution is 2.43. The van der Waals surface area contributed by atoms with Gasteiger partial charge >= 0.3 is 12.3 Å². The SMILES string of the molecule is COc1nc(OC2CC(C(F)(F)F)C2)c(F)cc1CN(C)C(=O)[C@@H]1CCCN1C(=O)OC(C)(C)C. The zero-order valence-corrected chi connectivity index (χ0v) is 20.4. The second-order valence-electron chi connectivity index (χ2n) is 9.92. The Bertz CT molecular complexity index is 944. The molecule has 1 aromatic rings. The summed E-state index contributed by atoms with van der Waals surface area (Å²) in [6.07, 6.45) is -5.07. The summed E-state index contributed by atoms with van der Waals surface area (Å²) in [5.41, 5.74) is -0.455. The highest BCUT2D eigenvalue weighted by Gasteiger charge is 2.49. The van der Waals surface area contributed by atoms with E-state index in [4.69, 9.17) is 14.2 Å². The minimum absolute atomic E-state index is 0.0110. The van der Waals surface area contributed by atoms with Crippen molar-refractivity contribution in [2.75, 3.05) is 20.7 Å². The first-order valence-electron chi connectivity index (χ1n) is 11.4. The molecule has 0 N–H and O–H groups in total. The highest BCUT2D eigenvalue weighted by molar-refractivity contribution is 5.86. The first kappa shape index (κ1) is 26.8. The number of carbonyl (C=O) groups excluding carboxylic acids is 2. The molecule has 0 unspecified atom stereocenters. The summed E-state index contributed by atoms with van der Waals surface area (Å²) in [6.45, 7) is 5.55. The zero-order valence-electron chi connectivity index (χ0n) is 20.4. The molecule has 2 amide bonds. The molecule has 1 saturated heterocycles. The molecule has 35 heavy (non-hydrogen) atoms. The van der Waals surface area contributed by atoms with Crippen molar-refractivity contribution in [2.24, 2.45) is 5.92 Å². The average molecular weight is 506 g/mol. The van der Waals surface area contributed by atoms with E-state index in [0.29, 0.717) is 19.4 Å². The van der Waals surface area contributed by atoms with Crippen LogP contribution < -0.4 is 9.47 Å². The molecule has 8 nitrogen and oxygen atoms in total. The number of hydrogen-bond acceptors (Lipinski definition) is 6. The van der Waals surface area contributed by atoms with Gasteiger partial charge in [-0.25, -0.2) is 9.18 Å². The second-order valence-corrected chi connectivity index (χ2v) is 9.92. The molecular formula is C23H31F4N3O5. The largest absolute Gasteiger partial charge is 0.481 e. The Labute approximate surface area is 201 Å².